The molecule has 6 heteroatoms. The third-order valence-corrected chi connectivity index (χ3v) is 3.08. The number of hydrogen-bond donors (Lipinski definition) is 2. The second kappa shape index (κ2) is 8.09. The predicted molar refractivity (Wildman–Crippen MR) is 84.7 cm³/mol. The van der Waals surface area contributed by atoms with Crippen molar-refractivity contribution in [3.63, 3.8) is 0 Å². The van der Waals surface area contributed by atoms with Crippen molar-refractivity contribution in [2.24, 2.45) is 0 Å². The van der Waals surface area contributed by atoms with E-state index in [0.29, 0.717) is 31.2 Å². The zero-order valence-electron chi connectivity index (χ0n) is 12.8. The van der Waals surface area contributed by atoms with Crippen LogP contribution in [-0.4, -0.2) is 36.4 Å². The highest BCUT2D eigenvalue weighted by Gasteiger charge is 2.07. The van der Waals surface area contributed by atoms with Crippen LogP contribution < -0.4 is 10.6 Å². The molecule has 0 fully saturated rings. The number of anilines is 1. The Balaban J connectivity index is 1.85. The second-order valence-corrected chi connectivity index (χ2v) is 4.89. The lowest BCUT2D eigenvalue weighted by molar-refractivity contribution is 0.0945. The molecule has 6 nitrogen and oxygen atoms in total. The summed E-state index contributed by atoms with van der Waals surface area (Å²) in [6, 6.07) is 11.4. The van der Waals surface area contributed by atoms with E-state index in [1.165, 1.54) is 5.56 Å². The summed E-state index contributed by atoms with van der Waals surface area (Å²) in [7, 11) is 1.63. The third kappa shape index (κ3) is 4.82. The number of ether oxygens (including phenoxy) is 1. The molecule has 0 saturated carbocycles. The number of rotatable bonds is 7. The van der Waals surface area contributed by atoms with E-state index < -0.39 is 0 Å². The van der Waals surface area contributed by atoms with Crippen molar-refractivity contribution < 1.29 is 9.53 Å². The monoisotopic (exact) mass is 300 g/mol. The Bertz CT molecular complexity index is 597. The number of hydrogen-bond acceptors (Lipinski definition) is 5. The van der Waals surface area contributed by atoms with Gasteiger partial charge in [-0.2, -0.15) is 0 Å². The lowest BCUT2D eigenvalue weighted by atomic mass is 10.1. The number of nitrogens with zero attached hydrogens (tertiary/aromatic N) is 2. The molecule has 0 radical (unpaired) electrons. The van der Waals surface area contributed by atoms with Crippen LogP contribution in [0.4, 0.5) is 5.82 Å². The highest BCUT2D eigenvalue weighted by Crippen LogP contribution is 2.04. The predicted octanol–water partition coefficient (Wildman–Crippen LogP) is 1.77. The van der Waals surface area contributed by atoms with Gasteiger partial charge in [-0.25, -0.2) is 0 Å². The summed E-state index contributed by atoms with van der Waals surface area (Å²) in [5, 5.41) is 13.7. The smallest absolute Gasteiger partial charge is 0.272 e. The van der Waals surface area contributed by atoms with Crippen LogP contribution in [0.1, 0.15) is 21.6 Å². The summed E-state index contributed by atoms with van der Waals surface area (Å²) in [5.41, 5.74) is 2.53. The highest BCUT2D eigenvalue weighted by atomic mass is 16.5. The number of carbonyl (C=O) groups excluding carboxylic acids is 1. The summed E-state index contributed by atoms with van der Waals surface area (Å²) in [6.07, 6.45) is 0. The molecule has 2 aromatic rings. The van der Waals surface area contributed by atoms with E-state index in [9.17, 15) is 4.79 Å². The first-order valence-corrected chi connectivity index (χ1v) is 7.09. The molecule has 0 atom stereocenters. The molecule has 1 amide bonds. The van der Waals surface area contributed by atoms with E-state index >= 15 is 0 Å². The fraction of sp³-hybridized carbons (Fsp3) is 0.312. The van der Waals surface area contributed by atoms with Gasteiger partial charge in [0.1, 0.15) is 5.82 Å². The number of aryl methyl sites for hydroxylation is 1. The van der Waals surface area contributed by atoms with E-state index in [0.717, 1.165) is 5.56 Å². The topological polar surface area (TPSA) is 76.1 Å². The zero-order chi connectivity index (χ0) is 15.8. The van der Waals surface area contributed by atoms with Crippen LogP contribution in [0.25, 0.3) is 0 Å². The van der Waals surface area contributed by atoms with Crippen molar-refractivity contribution in [2.45, 2.75) is 13.5 Å². The minimum Gasteiger partial charge on any atom is -0.383 e. The average Bonchev–Trinajstić information content (AvgIpc) is 2.55. The van der Waals surface area contributed by atoms with Crippen LogP contribution in [0.15, 0.2) is 36.4 Å². The Hall–Kier alpha value is -2.47. The van der Waals surface area contributed by atoms with Crippen LogP contribution in [0.2, 0.25) is 0 Å². The molecule has 0 aliphatic carbocycles. The van der Waals surface area contributed by atoms with Crippen molar-refractivity contribution in [3.05, 3.63) is 53.2 Å². The Morgan fingerprint density at radius 3 is 2.55 bits per heavy atom. The van der Waals surface area contributed by atoms with Gasteiger partial charge in [0, 0.05) is 20.2 Å². The maximum absolute atomic E-state index is 12.0. The maximum atomic E-state index is 12.0. The molecule has 0 spiro atoms. The lowest BCUT2D eigenvalue weighted by Crippen LogP contribution is -2.24. The van der Waals surface area contributed by atoms with Gasteiger partial charge in [0.2, 0.25) is 0 Å². The van der Waals surface area contributed by atoms with E-state index in [1.807, 2.05) is 31.2 Å². The molecule has 1 heterocycles. The lowest BCUT2D eigenvalue weighted by Gasteiger charge is -2.06. The molecular formula is C16H20N4O2. The van der Waals surface area contributed by atoms with Crippen molar-refractivity contribution in [1.82, 2.24) is 15.5 Å². The first-order valence-electron chi connectivity index (χ1n) is 7.09. The van der Waals surface area contributed by atoms with Crippen LogP contribution in [-0.2, 0) is 11.3 Å². The van der Waals surface area contributed by atoms with Crippen molar-refractivity contribution in [3.8, 4) is 0 Å². The number of aromatic nitrogens is 2. The van der Waals surface area contributed by atoms with Crippen molar-refractivity contribution >= 4 is 11.7 Å². The van der Waals surface area contributed by atoms with Gasteiger partial charge >= 0.3 is 0 Å². The number of benzene rings is 1. The van der Waals surface area contributed by atoms with Gasteiger partial charge in [-0.1, -0.05) is 29.8 Å². The van der Waals surface area contributed by atoms with E-state index in [1.54, 1.807) is 19.2 Å². The summed E-state index contributed by atoms with van der Waals surface area (Å²) in [6.45, 7) is 3.72. The summed E-state index contributed by atoms with van der Waals surface area (Å²) in [5.74, 6) is 0.378. The van der Waals surface area contributed by atoms with Crippen LogP contribution in [0.3, 0.4) is 0 Å². The molecule has 0 saturated heterocycles. The Kier molecular flexibility index (Phi) is 5.85. The number of nitrogens with one attached hydrogen (secondary N) is 2. The van der Waals surface area contributed by atoms with Gasteiger partial charge in [-0.05, 0) is 24.6 Å². The Labute approximate surface area is 129 Å². The molecule has 0 aliphatic heterocycles. The number of carbonyl (C=O) groups is 1. The minimum atomic E-state index is -0.239. The summed E-state index contributed by atoms with van der Waals surface area (Å²) >= 11 is 0. The molecule has 0 unspecified atom stereocenters. The quantitative estimate of drug-likeness (QED) is 0.762. The highest BCUT2D eigenvalue weighted by molar-refractivity contribution is 5.92. The molecule has 0 aliphatic rings. The van der Waals surface area contributed by atoms with Crippen LogP contribution in [0.5, 0.6) is 0 Å². The molecule has 116 valence electrons. The van der Waals surface area contributed by atoms with Crippen molar-refractivity contribution in [2.75, 3.05) is 25.6 Å². The SMILES string of the molecule is COCCNc1ccc(C(=O)NCc2ccc(C)cc2)nn1. The van der Waals surface area contributed by atoms with E-state index in [-0.39, 0.29) is 5.91 Å². The van der Waals surface area contributed by atoms with Crippen LogP contribution >= 0.6 is 0 Å². The molecule has 1 aromatic heterocycles. The first-order chi connectivity index (χ1) is 10.7. The molecular weight excluding hydrogens is 280 g/mol. The van der Waals surface area contributed by atoms with Crippen molar-refractivity contribution in [1.29, 1.82) is 0 Å². The van der Waals surface area contributed by atoms with Gasteiger partial charge in [-0.3, -0.25) is 4.79 Å². The molecule has 22 heavy (non-hydrogen) atoms. The Morgan fingerprint density at radius 2 is 1.91 bits per heavy atom. The molecule has 1 aromatic carbocycles. The second-order valence-electron chi connectivity index (χ2n) is 4.89. The van der Waals surface area contributed by atoms with E-state index in [4.69, 9.17) is 4.74 Å². The zero-order valence-corrected chi connectivity index (χ0v) is 12.8. The molecule has 0 bridgehead atoms. The van der Waals surface area contributed by atoms with Gasteiger partial charge in [0.25, 0.3) is 5.91 Å². The Morgan fingerprint density at radius 1 is 1.14 bits per heavy atom. The third-order valence-electron chi connectivity index (χ3n) is 3.08. The normalized spacial score (nSPS) is 10.3. The first kappa shape index (κ1) is 15.9. The molecule has 2 N–H and O–H groups in total. The van der Waals surface area contributed by atoms with Gasteiger partial charge in [0.05, 0.1) is 6.61 Å². The fourth-order valence-corrected chi connectivity index (χ4v) is 1.81. The molecule has 2 rings (SSSR count). The average molecular weight is 300 g/mol. The largest absolute Gasteiger partial charge is 0.383 e. The van der Waals surface area contributed by atoms with Crippen LogP contribution in [0, 0.1) is 6.92 Å². The van der Waals surface area contributed by atoms with Gasteiger partial charge < -0.3 is 15.4 Å². The summed E-state index contributed by atoms with van der Waals surface area (Å²) in [4.78, 5) is 12.0. The number of amides is 1. The maximum Gasteiger partial charge on any atom is 0.272 e. The number of methoxy groups -OCH3 is 1. The van der Waals surface area contributed by atoms with E-state index in [2.05, 4.69) is 20.8 Å². The minimum absolute atomic E-state index is 0.239. The summed E-state index contributed by atoms with van der Waals surface area (Å²) < 4.78 is 4.93. The standard InChI is InChI=1S/C16H20N4O2/c1-12-3-5-13(6-4-12)11-18-16(21)14-7-8-15(20-19-14)17-9-10-22-2/h3-8H,9-11H2,1-2H3,(H,17,20)(H,18,21). The van der Waals surface area contributed by atoms with Gasteiger partial charge in [-0.15, -0.1) is 10.2 Å². The fourth-order valence-electron chi connectivity index (χ4n) is 1.81. The van der Waals surface area contributed by atoms with Gasteiger partial charge in [0.15, 0.2) is 5.69 Å².